The number of nitrogens with zero attached hydrogens (tertiary/aromatic N) is 4. The fourth-order valence-corrected chi connectivity index (χ4v) is 4.54. The van der Waals surface area contributed by atoms with E-state index in [9.17, 15) is 4.39 Å². The molecule has 4 nitrogen and oxygen atoms in total. The van der Waals surface area contributed by atoms with Crippen LogP contribution in [-0.2, 0) is 6.42 Å². The van der Waals surface area contributed by atoms with Crippen LogP contribution in [0.3, 0.4) is 0 Å². The highest BCUT2D eigenvalue weighted by Gasteiger charge is 2.19. The molecule has 5 heteroatoms. The SMILES string of the molecule is Fc1ccccc1N1CCN(CCCc2cc(-c3ccccc3)n(-c3ccccc3)n2)CC1. The normalized spacial score (nSPS) is 14.5. The quantitative estimate of drug-likeness (QED) is 0.383. The van der Waals surface area contributed by atoms with Crippen LogP contribution in [0.1, 0.15) is 12.1 Å². The minimum absolute atomic E-state index is 0.130. The minimum atomic E-state index is -0.130. The molecule has 0 N–H and O–H groups in total. The summed E-state index contributed by atoms with van der Waals surface area (Å²) < 4.78 is 16.1. The first-order valence-corrected chi connectivity index (χ1v) is 11.7. The number of piperazine rings is 1. The maximum Gasteiger partial charge on any atom is 0.146 e. The molecule has 0 spiro atoms. The van der Waals surface area contributed by atoms with E-state index in [0.29, 0.717) is 0 Å². The van der Waals surface area contributed by atoms with Gasteiger partial charge in [0.05, 0.1) is 22.8 Å². The Morgan fingerprint density at radius 1 is 0.758 bits per heavy atom. The van der Waals surface area contributed by atoms with Crippen molar-refractivity contribution in [2.75, 3.05) is 37.6 Å². The molecule has 168 valence electrons. The number of halogens is 1. The fraction of sp³-hybridized carbons (Fsp3) is 0.250. The third kappa shape index (κ3) is 4.99. The van der Waals surface area contributed by atoms with Crippen LogP contribution in [0.2, 0.25) is 0 Å². The van der Waals surface area contributed by atoms with E-state index in [1.165, 1.54) is 5.56 Å². The molecule has 0 unspecified atom stereocenters. The Morgan fingerprint density at radius 2 is 1.42 bits per heavy atom. The second-order valence-corrected chi connectivity index (χ2v) is 8.52. The van der Waals surface area contributed by atoms with Gasteiger partial charge in [0.15, 0.2) is 0 Å². The lowest BCUT2D eigenvalue weighted by molar-refractivity contribution is 0.254. The molecule has 5 rings (SSSR count). The van der Waals surface area contributed by atoms with Crippen LogP contribution in [0.5, 0.6) is 0 Å². The summed E-state index contributed by atoms with van der Waals surface area (Å²) in [4.78, 5) is 4.63. The molecule has 0 saturated carbocycles. The highest BCUT2D eigenvalue weighted by atomic mass is 19.1. The van der Waals surface area contributed by atoms with Crippen molar-refractivity contribution in [3.63, 3.8) is 0 Å². The molecule has 0 radical (unpaired) electrons. The van der Waals surface area contributed by atoms with Gasteiger partial charge in [-0.25, -0.2) is 9.07 Å². The van der Waals surface area contributed by atoms with Gasteiger partial charge in [0.2, 0.25) is 0 Å². The Hall–Kier alpha value is -3.44. The average molecular weight is 441 g/mol. The van der Waals surface area contributed by atoms with Gasteiger partial charge in [-0.2, -0.15) is 5.10 Å². The number of anilines is 1. The topological polar surface area (TPSA) is 24.3 Å². The smallest absolute Gasteiger partial charge is 0.146 e. The van der Waals surface area contributed by atoms with Crippen molar-refractivity contribution in [3.8, 4) is 16.9 Å². The summed E-state index contributed by atoms with van der Waals surface area (Å²) in [6, 6.07) is 30.1. The molecular formula is C28H29FN4. The van der Waals surface area contributed by atoms with Gasteiger partial charge in [0.25, 0.3) is 0 Å². The van der Waals surface area contributed by atoms with E-state index < -0.39 is 0 Å². The predicted molar refractivity (Wildman–Crippen MR) is 132 cm³/mol. The predicted octanol–water partition coefficient (Wildman–Crippen LogP) is 5.43. The average Bonchev–Trinajstić information content (AvgIpc) is 3.30. The number of hydrogen-bond acceptors (Lipinski definition) is 3. The van der Waals surface area contributed by atoms with Crippen molar-refractivity contribution >= 4 is 5.69 Å². The van der Waals surface area contributed by atoms with Gasteiger partial charge in [-0.15, -0.1) is 0 Å². The van der Waals surface area contributed by atoms with Gasteiger partial charge in [0.1, 0.15) is 5.82 Å². The largest absolute Gasteiger partial charge is 0.367 e. The molecule has 33 heavy (non-hydrogen) atoms. The molecule has 0 atom stereocenters. The maximum absolute atomic E-state index is 14.1. The first kappa shape index (κ1) is 21.4. The number of para-hydroxylation sites is 2. The number of benzene rings is 3. The molecule has 0 bridgehead atoms. The highest BCUT2D eigenvalue weighted by Crippen LogP contribution is 2.25. The lowest BCUT2D eigenvalue weighted by atomic mass is 10.1. The second-order valence-electron chi connectivity index (χ2n) is 8.52. The molecule has 3 aromatic carbocycles. The fourth-order valence-electron chi connectivity index (χ4n) is 4.54. The molecule has 0 amide bonds. The Bertz CT molecular complexity index is 1110. The standard InChI is InChI=1S/C28H29FN4/c29-26-15-7-8-16-27(26)32-20-18-31(19-21-32)17-9-12-24-22-28(23-10-3-1-4-11-23)33(30-24)25-13-5-2-6-14-25/h1-8,10-11,13-16,22H,9,12,17-21H2. The lowest BCUT2D eigenvalue weighted by Gasteiger charge is -2.36. The van der Waals surface area contributed by atoms with E-state index in [1.807, 2.05) is 36.4 Å². The molecule has 2 heterocycles. The molecule has 0 aliphatic carbocycles. The van der Waals surface area contributed by atoms with Crippen molar-refractivity contribution in [2.45, 2.75) is 12.8 Å². The van der Waals surface area contributed by atoms with Gasteiger partial charge in [0, 0.05) is 31.7 Å². The number of rotatable bonds is 7. The summed E-state index contributed by atoms with van der Waals surface area (Å²) in [6.45, 7) is 4.68. The van der Waals surface area contributed by atoms with Crippen molar-refractivity contribution in [1.29, 1.82) is 0 Å². The lowest BCUT2D eigenvalue weighted by Crippen LogP contribution is -2.47. The molecule has 1 aromatic heterocycles. The van der Waals surface area contributed by atoms with E-state index in [0.717, 1.165) is 68.3 Å². The van der Waals surface area contributed by atoms with Gasteiger partial charge in [-0.3, -0.25) is 4.90 Å². The van der Waals surface area contributed by atoms with Crippen molar-refractivity contribution in [1.82, 2.24) is 14.7 Å². The molecule has 1 aliphatic heterocycles. The van der Waals surface area contributed by atoms with Crippen molar-refractivity contribution in [3.05, 3.63) is 103 Å². The van der Waals surface area contributed by atoms with E-state index >= 15 is 0 Å². The minimum Gasteiger partial charge on any atom is -0.367 e. The van der Waals surface area contributed by atoms with Crippen LogP contribution >= 0.6 is 0 Å². The Balaban J connectivity index is 1.21. The molecule has 1 aliphatic rings. The maximum atomic E-state index is 14.1. The van der Waals surface area contributed by atoms with E-state index in [4.69, 9.17) is 5.10 Å². The summed E-state index contributed by atoms with van der Waals surface area (Å²) >= 11 is 0. The molecular weight excluding hydrogens is 411 g/mol. The highest BCUT2D eigenvalue weighted by molar-refractivity contribution is 5.62. The number of aryl methyl sites for hydroxylation is 1. The van der Waals surface area contributed by atoms with Gasteiger partial charge >= 0.3 is 0 Å². The number of hydrogen-bond donors (Lipinski definition) is 0. The first-order chi connectivity index (χ1) is 16.3. The summed E-state index contributed by atoms with van der Waals surface area (Å²) in [7, 11) is 0. The second kappa shape index (κ2) is 10.0. The van der Waals surface area contributed by atoms with Gasteiger partial charge in [-0.05, 0) is 49.7 Å². The van der Waals surface area contributed by atoms with Gasteiger partial charge < -0.3 is 4.90 Å². The third-order valence-electron chi connectivity index (χ3n) is 6.30. The molecule has 4 aromatic rings. The summed E-state index contributed by atoms with van der Waals surface area (Å²) in [5.41, 5.74) is 5.20. The van der Waals surface area contributed by atoms with Crippen molar-refractivity contribution in [2.24, 2.45) is 0 Å². The van der Waals surface area contributed by atoms with Crippen LogP contribution in [0.4, 0.5) is 10.1 Å². The Labute approximate surface area is 194 Å². The van der Waals surface area contributed by atoms with Crippen molar-refractivity contribution < 1.29 is 4.39 Å². The zero-order chi connectivity index (χ0) is 22.5. The molecule has 1 saturated heterocycles. The summed E-state index contributed by atoms with van der Waals surface area (Å²) in [6.07, 6.45) is 1.99. The molecule has 1 fully saturated rings. The first-order valence-electron chi connectivity index (χ1n) is 11.7. The third-order valence-corrected chi connectivity index (χ3v) is 6.30. The summed E-state index contributed by atoms with van der Waals surface area (Å²) in [5, 5.41) is 4.95. The Morgan fingerprint density at radius 3 is 2.15 bits per heavy atom. The zero-order valence-electron chi connectivity index (χ0n) is 18.8. The zero-order valence-corrected chi connectivity index (χ0v) is 18.8. The van der Waals surface area contributed by atoms with Gasteiger partial charge in [-0.1, -0.05) is 60.7 Å². The Kier molecular flexibility index (Phi) is 6.49. The van der Waals surface area contributed by atoms with Crippen LogP contribution < -0.4 is 4.90 Å². The van der Waals surface area contributed by atoms with E-state index in [2.05, 4.69) is 56.9 Å². The van der Waals surface area contributed by atoms with Crippen LogP contribution in [0.25, 0.3) is 16.9 Å². The van der Waals surface area contributed by atoms with E-state index in [1.54, 1.807) is 12.1 Å². The monoisotopic (exact) mass is 440 g/mol. The van der Waals surface area contributed by atoms with Crippen LogP contribution in [-0.4, -0.2) is 47.4 Å². The van der Waals surface area contributed by atoms with Crippen LogP contribution in [0, 0.1) is 5.82 Å². The summed E-state index contributed by atoms with van der Waals surface area (Å²) in [5.74, 6) is -0.130. The van der Waals surface area contributed by atoms with Crippen LogP contribution in [0.15, 0.2) is 91.0 Å². The van der Waals surface area contributed by atoms with E-state index in [-0.39, 0.29) is 5.82 Å². The number of aromatic nitrogens is 2.